The highest BCUT2D eigenvalue weighted by Crippen LogP contribution is 2.38. The molecule has 22 heavy (non-hydrogen) atoms. The highest BCUT2D eigenvalue weighted by molar-refractivity contribution is 5.87. The first-order chi connectivity index (χ1) is 10.4. The minimum atomic E-state index is -0.879. The Hall–Kier alpha value is -1.92. The second-order valence-electron chi connectivity index (χ2n) is 5.80. The molecule has 4 atom stereocenters. The number of benzene rings is 1. The fraction of sp³-hybridized carbons (Fsp3) is 0.500. The number of aliphatic hydroxyl groups is 1. The van der Waals surface area contributed by atoms with Crippen LogP contribution in [0.4, 0.5) is 0 Å². The minimum Gasteiger partial charge on any atom is -0.481 e. The Morgan fingerprint density at radius 3 is 2.27 bits per heavy atom. The molecular weight excluding hydrogens is 286 g/mol. The molecular formula is C16H21NO5. The second-order valence-corrected chi connectivity index (χ2v) is 5.80. The van der Waals surface area contributed by atoms with Gasteiger partial charge in [0.2, 0.25) is 0 Å². The molecule has 0 spiro atoms. The number of aliphatic hydroxyl groups excluding tert-OH is 1. The number of rotatable bonds is 2. The predicted molar refractivity (Wildman–Crippen MR) is 79.7 cm³/mol. The number of aliphatic carboxylic acids is 1. The summed E-state index contributed by atoms with van der Waals surface area (Å²) < 4.78 is 0. The molecule has 0 radical (unpaired) electrons. The van der Waals surface area contributed by atoms with E-state index in [1.807, 2.05) is 7.05 Å². The van der Waals surface area contributed by atoms with E-state index in [9.17, 15) is 14.7 Å². The van der Waals surface area contributed by atoms with Gasteiger partial charge < -0.3 is 15.3 Å². The molecule has 6 heteroatoms. The monoisotopic (exact) mass is 307 g/mol. The lowest BCUT2D eigenvalue weighted by atomic mass is 9.88. The molecule has 1 aromatic carbocycles. The van der Waals surface area contributed by atoms with Gasteiger partial charge in [-0.3, -0.25) is 9.69 Å². The minimum absolute atomic E-state index is 0.0475. The standard InChI is InChI=1S/C9H15NO3.C7H6O2/c1-10-5-2-3-6(10)8(9(12)13)7(11)4-5;8-7(9)6-4-2-1-3-5-6/h5-8,11H,2-4H2,1H3,(H,12,13);1-5H,(H,8,9)/t5?,6?,7-,8?;/m0./s1. The van der Waals surface area contributed by atoms with E-state index in [0.717, 1.165) is 12.8 Å². The summed E-state index contributed by atoms with van der Waals surface area (Å²) in [6, 6.07) is 8.74. The summed E-state index contributed by atoms with van der Waals surface area (Å²) in [5, 5.41) is 27.0. The average Bonchev–Trinajstić information content (AvgIpc) is 2.73. The van der Waals surface area contributed by atoms with Crippen molar-refractivity contribution in [2.75, 3.05) is 7.05 Å². The first-order valence-corrected chi connectivity index (χ1v) is 7.33. The van der Waals surface area contributed by atoms with Crippen molar-refractivity contribution in [1.29, 1.82) is 0 Å². The lowest BCUT2D eigenvalue weighted by Crippen LogP contribution is -2.51. The Morgan fingerprint density at radius 2 is 1.77 bits per heavy atom. The van der Waals surface area contributed by atoms with Crippen molar-refractivity contribution in [3.63, 3.8) is 0 Å². The fourth-order valence-electron chi connectivity index (χ4n) is 3.35. The maximum Gasteiger partial charge on any atom is 0.335 e. The van der Waals surface area contributed by atoms with Crippen molar-refractivity contribution in [1.82, 2.24) is 4.90 Å². The van der Waals surface area contributed by atoms with Gasteiger partial charge in [0.05, 0.1) is 17.6 Å². The normalized spacial score (nSPS) is 30.3. The Balaban J connectivity index is 0.000000172. The largest absolute Gasteiger partial charge is 0.481 e. The molecule has 2 aliphatic heterocycles. The van der Waals surface area contributed by atoms with Crippen molar-refractivity contribution >= 4 is 11.9 Å². The van der Waals surface area contributed by atoms with Crippen LogP contribution in [0.3, 0.4) is 0 Å². The summed E-state index contributed by atoms with van der Waals surface area (Å²) in [6.07, 6.45) is 1.91. The topological polar surface area (TPSA) is 98.1 Å². The molecule has 0 saturated carbocycles. The SMILES string of the molecule is CN1C2CCC1C(C(=O)O)[C@@H](O)C2.O=C(O)c1ccccc1. The third-order valence-electron chi connectivity index (χ3n) is 4.54. The molecule has 2 fully saturated rings. The molecule has 0 aliphatic carbocycles. The van der Waals surface area contributed by atoms with E-state index in [1.54, 1.807) is 30.3 Å². The Kier molecular flexibility index (Phi) is 5.15. The van der Waals surface area contributed by atoms with Gasteiger partial charge in [0, 0.05) is 12.1 Å². The van der Waals surface area contributed by atoms with Gasteiger partial charge in [0.25, 0.3) is 0 Å². The van der Waals surface area contributed by atoms with Crippen LogP contribution in [0.5, 0.6) is 0 Å². The maximum absolute atomic E-state index is 10.9. The number of hydrogen-bond donors (Lipinski definition) is 3. The van der Waals surface area contributed by atoms with Crippen molar-refractivity contribution in [2.45, 2.75) is 37.5 Å². The van der Waals surface area contributed by atoms with E-state index in [4.69, 9.17) is 10.2 Å². The summed E-state index contributed by atoms with van der Waals surface area (Å²) in [7, 11) is 1.96. The number of piperidine rings is 1. The molecule has 2 aliphatic rings. The van der Waals surface area contributed by atoms with E-state index in [1.165, 1.54) is 0 Å². The lowest BCUT2D eigenvalue weighted by molar-refractivity contribution is -0.151. The number of fused-ring (bicyclic) bond motifs is 2. The van der Waals surface area contributed by atoms with Crippen LogP contribution in [0.1, 0.15) is 29.6 Å². The number of nitrogens with zero attached hydrogens (tertiary/aromatic N) is 1. The first kappa shape index (κ1) is 16.5. The third kappa shape index (κ3) is 3.45. The lowest BCUT2D eigenvalue weighted by Gasteiger charge is -2.38. The zero-order chi connectivity index (χ0) is 16.3. The molecule has 120 valence electrons. The highest BCUT2D eigenvalue weighted by atomic mass is 16.4. The van der Waals surface area contributed by atoms with Gasteiger partial charge in [-0.25, -0.2) is 4.79 Å². The summed E-state index contributed by atoms with van der Waals surface area (Å²) in [5.41, 5.74) is 0.331. The number of hydrogen-bond acceptors (Lipinski definition) is 4. The van der Waals surface area contributed by atoms with Crippen molar-refractivity contribution in [3.05, 3.63) is 35.9 Å². The smallest absolute Gasteiger partial charge is 0.335 e. The van der Waals surface area contributed by atoms with Gasteiger partial charge in [-0.1, -0.05) is 18.2 Å². The summed E-state index contributed by atoms with van der Waals surface area (Å²) in [5.74, 6) is -2.32. The summed E-state index contributed by atoms with van der Waals surface area (Å²) in [4.78, 5) is 23.2. The molecule has 6 nitrogen and oxygen atoms in total. The molecule has 0 amide bonds. The Morgan fingerprint density at radius 1 is 1.14 bits per heavy atom. The quantitative estimate of drug-likeness (QED) is 0.762. The molecule has 2 bridgehead atoms. The van der Waals surface area contributed by atoms with Crippen LogP contribution in [0.2, 0.25) is 0 Å². The third-order valence-corrected chi connectivity index (χ3v) is 4.54. The van der Waals surface area contributed by atoms with Gasteiger partial charge in [-0.15, -0.1) is 0 Å². The van der Waals surface area contributed by atoms with Crippen LogP contribution in [0, 0.1) is 5.92 Å². The molecule has 2 heterocycles. The molecule has 3 N–H and O–H groups in total. The van der Waals surface area contributed by atoms with E-state index >= 15 is 0 Å². The van der Waals surface area contributed by atoms with E-state index in [0.29, 0.717) is 18.0 Å². The molecule has 1 aromatic rings. The molecule has 2 saturated heterocycles. The second kappa shape index (κ2) is 6.89. The number of carboxylic acid groups (broad SMARTS) is 2. The van der Waals surface area contributed by atoms with Crippen LogP contribution < -0.4 is 0 Å². The van der Waals surface area contributed by atoms with Crippen LogP contribution in [-0.2, 0) is 4.79 Å². The van der Waals surface area contributed by atoms with Gasteiger partial charge >= 0.3 is 11.9 Å². The molecule has 3 unspecified atom stereocenters. The van der Waals surface area contributed by atoms with Crippen LogP contribution in [-0.4, -0.2) is 57.4 Å². The van der Waals surface area contributed by atoms with Crippen molar-refractivity contribution in [3.8, 4) is 0 Å². The van der Waals surface area contributed by atoms with Crippen LogP contribution >= 0.6 is 0 Å². The van der Waals surface area contributed by atoms with Crippen LogP contribution in [0.25, 0.3) is 0 Å². The fourth-order valence-corrected chi connectivity index (χ4v) is 3.35. The van der Waals surface area contributed by atoms with Crippen molar-refractivity contribution < 1.29 is 24.9 Å². The number of carboxylic acids is 2. The molecule has 3 rings (SSSR count). The van der Waals surface area contributed by atoms with Crippen LogP contribution in [0.15, 0.2) is 30.3 Å². The average molecular weight is 307 g/mol. The molecule has 0 aromatic heterocycles. The summed E-state index contributed by atoms with van der Waals surface area (Å²) in [6.45, 7) is 0. The zero-order valence-electron chi connectivity index (χ0n) is 12.4. The number of aromatic carboxylic acids is 1. The maximum atomic E-state index is 10.9. The first-order valence-electron chi connectivity index (χ1n) is 7.33. The predicted octanol–water partition coefficient (Wildman–Crippen LogP) is 1.30. The number of carbonyl (C=O) groups is 2. The van der Waals surface area contributed by atoms with Gasteiger partial charge in [0.15, 0.2) is 0 Å². The highest BCUT2D eigenvalue weighted by Gasteiger charge is 2.48. The van der Waals surface area contributed by atoms with E-state index < -0.39 is 24.0 Å². The van der Waals surface area contributed by atoms with E-state index in [2.05, 4.69) is 4.90 Å². The summed E-state index contributed by atoms with van der Waals surface area (Å²) >= 11 is 0. The van der Waals surface area contributed by atoms with Gasteiger partial charge in [-0.05, 0) is 38.4 Å². The Labute approximate surface area is 129 Å². The van der Waals surface area contributed by atoms with Gasteiger partial charge in [-0.2, -0.15) is 0 Å². The van der Waals surface area contributed by atoms with Gasteiger partial charge in [0.1, 0.15) is 0 Å². The Bertz CT molecular complexity index is 533. The zero-order valence-corrected chi connectivity index (χ0v) is 12.4. The van der Waals surface area contributed by atoms with Crippen molar-refractivity contribution in [2.24, 2.45) is 5.92 Å². The van der Waals surface area contributed by atoms with E-state index in [-0.39, 0.29) is 6.04 Å².